The number of benzene rings is 1. The molecule has 0 bridgehead atoms. The van der Waals surface area contributed by atoms with Gasteiger partial charge in [-0.05, 0) is 36.4 Å². The van der Waals surface area contributed by atoms with Crippen LogP contribution in [0.2, 0.25) is 0 Å². The van der Waals surface area contributed by atoms with Crippen LogP contribution in [0.1, 0.15) is 9.67 Å². The Morgan fingerprint density at radius 1 is 1.15 bits per heavy atom. The number of carbonyl (C=O) groups excluding carboxylic acids is 1. The lowest BCUT2D eigenvalue weighted by Crippen LogP contribution is -2.40. The molecule has 9 heteroatoms. The van der Waals surface area contributed by atoms with Crippen LogP contribution < -0.4 is 16.5 Å². The Balaban J connectivity index is 1.39. The van der Waals surface area contributed by atoms with Crippen LogP contribution in [0.5, 0.6) is 0 Å². The molecule has 1 aliphatic rings. The van der Waals surface area contributed by atoms with Gasteiger partial charge in [0, 0.05) is 30.5 Å². The molecular formula is C18H20N6O2S. The van der Waals surface area contributed by atoms with E-state index < -0.39 is 5.91 Å². The summed E-state index contributed by atoms with van der Waals surface area (Å²) in [6, 6.07) is 13.5. The van der Waals surface area contributed by atoms with E-state index in [0.717, 1.165) is 48.2 Å². The summed E-state index contributed by atoms with van der Waals surface area (Å²) in [5.74, 6) is 0.280. The van der Waals surface area contributed by atoms with E-state index in [2.05, 4.69) is 25.9 Å². The lowest BCUT2D eigenvalue weighted by atomic mass is 10.3. The average molecular weight is 384 g/mol. The van der Waals surface area contributed by atoms with E-state index >= 15 is 0 Å². The first-order chi connectivity index (χ1) is 13.2. The summed E-state index contributed by atoms with van der Waals surface area (Å²) in [5.41, 5.74) is 11.5. The molecule has 3 aromatic rings. The van der Waals surface area contributed by atoms with Gasteiger partial charge in [0.15, 0.2) is 5.82 Å². The monoisotopic (exact) mass is 384 g/mol. The largest absolute Gasteiger partial charge is 0.379 e. The van der Waals surface area contributed by atoms with Crippen molar-refractivity contribution < 1.29 is 9.53 Å². The summed E-state index contributed by atoms with van der Waals surface area (Å²) in [4.78, 5) is 12.7. The van der Waals surface area contributed by atoms with Gasteiger partial charge in [-0.2, -0.15) is 5.10 Å². The predicted octanol–water partition coefficient (Wildman–Crippen LogP) is 2.64. The Bertz CT molecular complexity index is 914. The smallest absolute Gasteiger partial charge is 0.258 e. The number of rotatable bonds is 6. The summed E-state index contributed by atoms with van der Waals surface area (Å²) < 4.78 is 5.35. The molecule has 8 nitrogen and oxygen atoms in total. The number of nitrogens with two attached hydrogens (primary N) is 1. The second kappa shape index (κ2) is 7.78. The Labute approximate surface area is 160 Å². The van der Waals surface area contributed by atoms with Crippen LogP contribution >= 0.6 is 11.3 Å². The number of hydrogen-bond acceptors (Lipinski definition) is 7. The number of H-pyrrole nitrogens is 1. The number of amides is 1. The number of nitrogens with one attached hydrogen (secondary N) is 3. The fraction of sp³-hybridized carbons (Fsp3) is 0.222. The van der Waals surface area contributed by atoms with Gasteiger partial charge in [0.25, 0.3) is 5.91 Å². The lowest BCUT2D eigenvalue weighted by Gasteiger charge is -2.28. The molecule has 4 rings (SSSR count). The number of thiophene rings is 1. The first kappa shape index (κ1) is 17.5. The number of hydrogen-bond donors (Lipinski definition) is 4. The Kier molecular flexibility index (Phi) is 5.05. The molecule has 1 fully saturated rings. The molecule has 5 N–H and O–H groups in total. The van der Waals surface area contributed by atoms with Crippen LogP contribution in [0.25, 0.3) is 10.6 Å². The Morgan fingerprint density at radius 3 is 2.59 bits per heavy atom. The summed E-state index contributed by atoms with van der Waals surface area (Å²) in [6.45, 7) is 3.24. The van der Waals surface area contributed by atoms with E-state index in [0.29, 0.717) is 10.7 Å². The molecule has 0 aliphatic carbocycles. The minimum atomic E-state index is -0.421. The number of anilines is 3. The predicted molar refractivity (Wildman–Crippen MR) is 106 cm³/mol. The zero-order valence-electron chi connectivity index (χ0n) is 14.6. The van der Waals surface area contributed by atoms with Gasteiger partial charge >= 0.3 is 0 Å². The summed E-state index contributed by atoms with van der Waals surface area (Å²) >= 11 is 1.34. The van der Waals surface area contributed by atoms with Gasteiger partial charge in [-0.3, -0.25) is 9.89 Å². The van der Waals surface area contributed by atoms with Crippen LogP contribution in [0.15, 0.2) is 42.5 Å². The molecule has 1 aromatic carbocycles. The summed E-state index contributed by atoms with van der Waals surface area (Å²) in [6.07, 6.45) is 0. The van der Waals surface area contributed by atoms with Gasteiger partial charge in [0.1, 0.15) is 0 Å². The van der Waals surface area contributed by atoms with Crippen molar-refractivity contribution in [3.63, 3.8) is 0 Å². The highest BCUT2D eigenvalue weighted by molar-refractivity contribution is 7.17. The van der Waals surface area contributed by atoms with Crippen molar-refractivity contribution in [1.82, 2.24) is 15.2 Å². The average Bonchev–Trinajstić information content (AvgIpc) is 3.34. The number of nitrogens with zero attached hydrogens (tertiary/aromatic N) is 2. The zero-order valence-corrected chi connectivity index (χ0v) is 15.4. The first-order valence-electron chi connectivity index (χ1n) is 8.59. The Morgan fingerprint density at radius 2 is 1.89 bits per heavy atom. The van der Waals surface area contributed by atoms with Gasteiger partial charge in [-0.1, -0.05) is 0 Å². The van der Waals surface area contributed by atoms with Crippen molar-refractivity contribution in [1.29, 1.82) is 0 Å². The highest BCUT2D eigenvalue weighted by Gasteiger charge is 2.11. The van der Waals surface area contributed by atoms with Crippen LogP contribution in [0.3, 0.4) is 0 Å². The molecule has 27 heavy (non-hydrogen) atoms. The maximum absolute atomic E-state index is 11.2. The van der Waals surface area contributed by atoms with Crippen molar-refractivity contribution in [3.05, 3.63) is 47.3 Å². The van der Waals surface area contributed by atoms with Gasteiger partial charge in [-0.25, -0.2) is 5.01 Å². The number of aromatic nitrogens is 2. The number of aromatic amines is 1. The third kappa shape index (κ3) is 4.27. The fourth-order valence-corrected chi connectivity index (χ4v) is 3.58. The van der Waals surface area contributed by atoms with Crippen LogP contribution in [-0.4, -0.2) is 47.4 Å². The van der Waals surface area contributed by atoms with E-state index in [1.54, 1.807) is 6.07 Å². The van der Waals surface area contributed by atoms with E-state index in [4.69, 9.17) is 10.5 Å². The van der Waals surface area contributed by atoms with Gasteiger partial charge in [0.2, 0.25) is 0 Å². The molecule has 2 aromatic heterocycles. The van der Waals surface area contributed by atoms with E-state index in [9.17, 15) is 4.79 Å². The minimum Gasteiger partial charge on any atom is -0.379 e. The zero-order chi connectivity index (χ0) is 18.6. The van der Waals surface area contributed by atoms with Crippen LogP contribution in [0.4, 0.5) is 17.2 Å². The summed E-state index contributed by atoms with van der Waals surface area (Å²) in [5, 5.41) is 12.7. The highest BCUT2D eigenvalue weighted by atomic mass is 32.1. The standard InChI is InChI=1S/C18H20N6O2S/c19-18(25)16-6-5-15(27-16)14-11-17(22-21-14)20-12-1-3-13(4-2-12)23-24-7-9-26-10-8-24/h1-6,11,23H,7-10H2,(H2,19,25)(H2,20,21,22). The van der Waals surface area contributed by atoms with Crippen LogP contribution in [-0.2, 0) is 4.74 Å². The highest BCUT2D eigenvalue weighted by Crippen LogP contribution is 2.28. The van der Waals surface area contributed by atoms with E-state index in [1.807, 2.05) is 36.4 Å². The first-order valence-corrected chi connectivity index (χ1v) is 9.41. The molecule has 1 saturated heterocycles. The lowest BCUT2D eigenvalue weighted by molar-refractivity contribution is 0.0497. The van der Waals surface area contributed by atoms with Gasteiger partial charge in [-0.15, -0.1) is 11.3 Å². The SMILES string of the molecule is NC(=O)c1ccc(-c2cc(Nc3ccc(NN4CCOCC4)cc3)n[nH]2)s1. The third-order valence-electron chi connectivity index (χ3n) is 4.15. The maximum atomic E-state index is 11.2. The second-order valence-corrected chi connectivity index (χ2v) is 7.19. The third-order valence-corrected chi connectivity index (χ3v) is 5.28. The Hall–Kier alpha value is -2.88. The number of morpholine rings is 1. The van der Waals surface area contributed by atoms with Crippen molar-refractivity contribution in [2.24, 2.45) is 5.73 Å². The molecule has 1 aliphatic heterocycles. The van der Waals surface area contributed by atoms with Crippen LogP contribution in [0, 0.1) is 0 Å². The molecule has 0 unspecified atom stereocenters. The molecule has 0 radical (unpaired) electrons. The number of hydrazine groups is 1. The molecular weight excluding hydrogens is 364 g/mol. The summed E-state index contributed by atoms with van der Waals surface area (Å²) in [7, 11) is 0. The number of ether oxygens (including phenoxy) is 1. The molecule has 140 valence electrons. The van der Waals surface area contributed by atoms with Crippen molar-refractivity contribution in [3.8, 4) is 10.6 Å². The maximum Gasteiger partial charge on any atom is 0.258 e. The van der Waals surface area contributed by atoms with E-state index in [-0.39, 0.29) is 0 Å². The van der Waals surface area contributed by atoms with Crippen molar-refractivity contribution in [2.75, 3.05) is 37.0 Å². The molecule has 0 saturated carbocycles. The molecule has 0 spiro atoms. The van der Waals surface area contributed by atoms with E-state index in [1.165, 1.54) is 11.3 Å². The topological polar surface area (TPSA) is 108 Å². The second-order valence-electron chi connectivity index (χ2n) is 6.11. The molecule has 1 amide bonds. The quantitative estimate of drug-likeness (QED) is 0.520. The van der Waals surface area contributed by atoms with Gasteiger partial charge < -0.3 is 21.2 Å². The minimum absolute atomic E-state index is 0.421. The van der Waals surface area contributed by atoms with Gasteiger partial charge in [0.05, 0.1) is 28.7 Å². The molecule has 3 heterocycles. The molecule has 0 atom stereocenters. The fourth-order valence-electron chi connectivity index (χ4n) is 2.76. The van der Waals surface area contributed by atoms with Crippen molar-refractivity contribution >= 4 is 34.4 Å². The number of carbonyl (C=O) groups is 1. The number of primary amides is 1. The normalized spacial score (nSPS) is 14.8. The van der Waals surface area contributed by atoms with Crippen molar-refractivity contribution in [2.45, 2.75) is 0 Å².